The number of azo groups is 1. The van der Waals surface area contributed by atoms with Gasteiger partial charge < -0.3 is 0 Å². The van der Waals surface area contributed by atoms with Crippen molar-refractivity contribution in [3.05, 3.63) is 35.9 Å². The Morgan fingerprint density at radius 1 is 0.933 bits per heavy atom. The molecule has 0 aliphatic heterocycles. The molecule has 0 N–H and O–H groups in total. The Hall–Kier alpha value is -0.890. The number of benzene rings is 1. The quantitative estimate of drug-likeness (QED) is 0.405. The van der Waals surface area contributed by atoms with Crippen molar-refractivity contribution in [2.75, 3.05) is 0 Å². The van der Waals surface area contributed by atoms with Crippen LogP contribution < -0.4 is 0 Å². The maximum Gasteiger partial charge on any atom is 0.176 e. The minimum Gasteiger partial charge on any atom is -0.186 e. The van der Waals surface area contributed by atoms with E-state index < -0.39 is 5.00 Å². The smallest absolute Gasteiger partial charge is 0.176 e. The molecular formula is C12H17ClN2. The van der Waals surface area contributed by atoms with E-state index in [1.165, 1.54) is 0 Å². The summed E-state index contributed by atoms with van der Waals surface area (Å²) in [5.41, 5.74) is 0.768. The summed E-state index contributed by atoms with van der Waals surface area (Å²) in [6.45, 7) is 7.83. The van der Waals surface area contributed by atoms with Crippen LogP contribution in [0.5, 0.6) is 0 Å². The Morgan fingerprint density at radius 2 is 1.47 bits per heavy atom. The molecule has 82 valence electrons. The van der Waals surface area contributed by atoms with Crippen LogP contribution in [0.4, 0.5) is 0 Å². The highest BCUT2D eigenvalue weighted by atomic mass is 35.5. The highest BCUT2D eigenvalue weighted by Crippen LogP contribution is 2.31. The van der Waals surface area contributed by atoms with Crippen molar-refractivity contribution in [3.8, 4) is 0 Å². The highest BCUT2D eigenvalue weighted by Gasteiger charge is 2.23. The van der Waals surface area contributed by atoms with E-state index in [0.29, 0.717) is 0 Å². The zero-order chi connectivity index (χ0) is 11.5. The lowest BCUT2D eigenvalue weighted by atomic mass is 10.1. The second kappa shape index (κ2) is 4.31. The van der Waals surface area contributed by atoms with Crippen molar-refractivity contribution < 1.29 is 0 Å². The van der Waals surface area contributed by atoms with Gasteiger partial charge in [0.2, 0.25) is 0 Å². The summed E-state index contributed by atoms with van der Waals surface area (Å²) in [5.74, 6) is 0. The molecule has 0 aromatic heterocycles. The fourth-order valence-corrected chi connectivity index (χ4v) is 1.21. The van der Waals surface area contributed by atoms with Gasteiger partial charge in [-0.3, -0.25) is 0 Å². The van der Waals surface area contributed by atoms with E-state index in [2.05, 4.69) is 10.2 Å². The third kappa shape index (κ3) is 4.00. The van der Waals surface area contributed by atoms with E-state index in [1.54, 1.807) is 0 Å². The third-order valence-corrected chi connectivity index (χ3v) is 2.13. The molecule has 0 aliphatic carbocycles. The van der Waals surface area contributed by atoms with E-state index in [0.717, 1.165) is 5.56 Å². The zero-order valence-electron chi connectivity index (χ0n) is 9.66. The van der Waals surface area contributed by atoms with E-state index in [-0.39, 0.29) is 5.54 Å². The van der Waals surface area contributed by atoms with Crippen molar-refractivity contribution >= 4 is 11.6 Å². The van der Waals surface area contributed by atoms with Gasteiger partial charge in [0.1, 0.15) is 0 Å². The predicted molar refractivity (Wildman–Crippen MR) is 64.3 cm³/mol. The van der Waals surface area contributed by atoms with Crippen LogP contribution in [-0.2, 0) is 5.00 Å². The Balaban J connectivity index is 2.90. The Bertz CT molecular complexity index is 336. The zero-order valence-corrected chi connectivity index (χ0v) is 10.4. The highest BCUT2D eigenvalue weighted by molar-refractivity contribution is 6.23. The third-order valence-electron chi connectivity index (χ3n) is 1.84. The molecule has 0 fully saturated rings. The van der Waals surface area contributed by atoms with Crippen LogP contribution in [0.1, 0.15) is 33.3 Å². The Labute approximate surface area is 96.4 Å². The minimum atomic E-state index is -0.769. The normalized spacial score (nSPS) is 16.6. The van der Waals surface area contributed by atoms with Crippen molar-refractivity contribution in [1.29, 1.82) is 0 Å². The van der Waals surface area contributed by atoms with Crippen LogP contribution >= 0.6 is 11.6 Å². The lowest BCUT2D eigenvalue weighted by Gasteiger charge is -2.18. The largest absolute Gasteiger partial charge is 0.186 e. The Kier molecular flexibility index (Phi) is 3.50. The summed E-state index contributed by atoms with van der Waals surface area (Å²) in [4.78, 5) is -0.769. The summed E-state index contributed by atoms with van der Waals surface area (Å²) < 4.78 is 0. The van der Waals surface area contributed by atoms with E-state index >= 15 is 0 Å². The van der Waals surface area contributed by atoms with Gasteiger partial charge in [0, 0.05) is 0 Å². The molecule has 0 saturated heterocycles. The first kappa shape index (κ1) is 12.2. The number of hydrogen-bond donors (Lipinski definition) is 0. The van der Waals surface area contributed by atoms with Crippen LogP contribution in [0.3, 0.4) is 0 Å². The molecule has 0 saturated carbocycles. The van der Waals surface area contributed by atoms with Gasteiger partial charge in [-0.1, -0.05) is 41.9 Å². The van der Waals surface area contributed by atoms with Crippen LogP contribution in [0.25, 0.3) is 0 Å². The van der Waals surface area contributed by atoms with Gasteiger partial charge in [0.25, 0.3) is 0 Å². The van der Waals surface area contributed by atoms with Crippen LogP contribution in [0, 0.1) is 0 Å². The summed E-state index contributed by atoms with van der Waals surface area (Å²) in [5, 5.41) is 8.39. The molecule has 1 unspecified atom stereocenters. The van der Waals surface area contributed by atoms with Crippen molar-refractivity contribution in [2.45, 2.75) is 38.2 Å². The molecule has 0 amide bonds. The lowest BCUT2D eigenvalue weighted by Crippen LogP contribution is -2.14. The van der Waals surface area contributed by atoms with Crippen LogP contribution in [-0.4, -0.2) is 5.54 Å². The average molecular weight is 225 g/mol. The number of hydrogen-bond acceptors (Lipinski definition) is 2. The molecule has 0 heterocycles. The maximum absolute atomic E-state index is 6.31. The summed E-state index contributed by atoms with van der Waals surface area (Å²) in [6, 6.07) is 9.76. The number of halogens is 1. The van der Waals surface area contributed by atoms with Crippen molar-refractivity contribution in [2.24, 2.45) is 10.2 Å². The summed E-state index contributed by atoms with van der Waals surface area (Å²) >= 11 is 6.31. The average Bonchev–Trinajstić information content (AvgIpc) is 2.16. The topological polar surface area (TPSA) is 24.7 Å². The fraction of sp³-hybridized carbons (Fsp3) is 0.500. The monoisotopic (exact) mass is 224 g/mol. The van der Waals surface area contributed by atoms with Gasteiger partial charge >= 0.3 is 0 Å². The van der Waals surface area contributed by atoms with Crippen LogP contribution in [0.15, 0.2) is 40.6 Å². The maximum atomic E-state index is 6.31. The molecule has 3 heteroatoms. The molecule has 0 spiro atoms. The van der Waals surface area contributed by atoms with E-state index in [1.807, 2.05) is 58.0 Å². The van der Waals surface area contributed by atoms with Gasteiger partial charge in [0.15, 0.2) is 5.00 Å². The van der Waals surface area contributed by atoms with Gasteiger partial charge in [-0.2, -0.15) is 10.2 Å². The van der Waals surface area contributed by atoms with E-state index in [9.17, 15) is 0 Å². The second-order valence-electron chi connectivity index (χ2n) is 4.69. The standard InChI is InChI=1S/C12H17ClN2/c1-11(2,3)14-15-12(4,13)10-8-6-5-7-9-10/h5-9H,1-4H3/b15-14+. The molecule has 1 atom stereocenters. The molecular weight excluding hydrogens is 208 g/mol. The lowest BCUT2D eigenvalue weighted by molar-refractivity contribution is 0.505. The van der Waals surface area contributed by atoms with Gasteiger partial charge in [-0.05, 0) is 33.3 Å². The molecule has 0 aliphatic rings. The SMILES string of the molecule is CC(C)(C)/N=N/C(C)(Cl)c1ccccc1. The summed E-state index contributed by atoms with van der Waals surface area (Å²) in [7, 11) is 0. The van der Waals surface area contributed by atoms with Crippen LogP contribution in [0.2, 0.25) is 0 Å². The minimum absolute atomic E-state index is 0.190. The number of alkyl halides is 1. The second-order valence-corrected chi connectivity index (χ2v) is 5.43. The van der Waals surface area contributed by atoms with Gasteiger partial charge in [-0.15, -0.1) is 0 Å². The molecule has 0 bridgehead atoms. The molecule has 1 rings (SSSR count). The van der Waals surface area contributed by atoms with Gasteiger partial charge in [0.05, 0.1) is 5.54 Å². The molecule has 0 radical (unpaired) electrons. The number of rotatable bonds is 2. The Morgan fingerprint density at radius 3 is 1.93 bits per heavy atom. The first-order valence-corrected chi connectivity index (χ1v) is 5.37. The fourth-order valence-electron chi connectivity index (χ4n) is 1.04. The van der Waals surface area contributed by atoms with E-state index in [4.69, 9.17) is 11.6 Å². The molecule has 15 heavy (non-hydrogen) atoms. The molecule has 1 aromatic rings. The summed E-state index contributed by atoms with van der Waals surface area (Å²) in [6.07, 6.45) is 0. The first-order chi connectivity index (χ1) is 6.81. The first-order valence-electron chi connectivity index (χ1n) is 5.00. The molecule has 2 nitrogen and oxygen atoms in total. The van der Waals surface area contributed by atoms with Crippen molar-refractivity contribution in [1.82, 2.24) is 0 Å². The number of nitrogens with zero attached hydrogens (tertiary/aromatic N) is 2. The molecule has 1 aromatic carbocycles. The van der Waals surface area contributed by atoms with Crippen molar-refractivity contribution in [3.63, 3.8) is 0 Å². The van der Waals surface area contributed by atoms with Gasteiger partial charge in [-0.25, -0.2) is 0 Å². The predicted octanol–water partition coefficient (Wildman–Crippen LogP) is 4.35.